The maximum absolute atomic E-state index is 5.69. The highest BCUT2D eigenvalue weighted by molar-refractivity contribution is 5.12. The lowest BCUT2D eigenvalue weighted by atomic mass is 10.0. The number of imidazole rings is 1. The fourth-order valence-corrected chi connectivity index (χ4v) is 3.11. The Labute approximate surface area is 125 Å². The first-order valence-electron chi connectivity index (χ1n) is 7.40. The van der Waals surface area contributed by atoms with Crippen LogP contribution in [0.2, 0.25) is 0 Å². The molecule has 3 rings (SSSR count). The van der Waals surface area contributed by atoms with E-state index in [9.17, 15) is 0 Å². The highest BCUT2D eigenvalue weighted by Crippen LogP contribution is 2.25. The lowest BCUT2D eigenvalue weighted by molar-refractivity contribution is 0.0629. The van der Waals surface area contributed by atoms with Gasteiger partial charge in [0.2, 0.25) is 0 Å². The van der Waals surface area contributed by atoms with Gasteiger partial charge in [-0.3, -0.25) is 9.88 Å². The van der Waals surface area contributed by atoms with Crippen molar-refractivity contribution in [1.29, 1.82) is 0 Å². The number of ether oxygens (including phenoxy) is 1. The van der Waals surface area contributed by atoms with Crippen molar-refractivity contribution in [3.63, 3.8) is 0 Å². The summed E-state index contributed by atoms with van der Waals surface area (Å²) in [4.78, 5) is 11.1. The zero-order valence-electron chi connectivity index (χ0n) is 12.6. The van der Waals surface area contributed by atoms with Gasteiger partial charge in [0.15, 0.2) is 0 Å². The van der Waals surface area contributed by atoms with Gasteiger partial charge in [-0.1, -0.05) is 6.07 Å². The predicted molar refractivity (Wildman–Crippen MR) is 80.8 cm³/mol. The van der Waals surface area contributed by atoms with E-state index in [1.165, 1.54) is 5.56 Å². The van der Waals surface area contributed by atoms with Gasteiger partial charge in [0.25, 0.3) is 0 Å². The standard InChI is InChI=1S/C16H22N4O/c1-19-9-7-18-16(19)12-20-8-5-15(21-2)14(20)10-13-4-3-6-17-11-13/h3-4,6-7,9,11,14-15H,5,8,10,12H2,1-2H3/t14-,15+/m0/s1. The van der Waals surface area contributed by atoms with Crippen LogP contribution in [0.3, 0.4) is 0 Å². The maximum Gasteiger partial charge on any atom is 0.122 e. The number of rotatable bonds is 5. The number of methoxy groups -OCH3 is 1. The first-order valence-corrected chi connectivity index (χ1v) is 7.40. The number of hydrogen-bond donors (Lipinski definition) is 0. The minimum Gasteiger partial charge on any atom is -0.380 e. The number of hydrogen-bond acceptors (Lipinski definition) is 4. The third-order valence-corrected chi connectivity index (χ3v) is 4.33. The first-order chi connectivity index (χ1) is 10.3. The SMILES string of the molecule is CO[C@@H]1CCN(Cc2nccn2C)[C@H]1Cc1cccnc1. The molecule has 0 amide bonds. The van der Waals surface area contributed by atoms with Crippen molar-refractivity contribution in [2.75, 3.05) is 13.7 Å². The second-order valence-corrected chi connectivity index (χ2v) is 5.62. The van der Waals surface area contributed by atoms with Crippen LogP contribution in [0, 0.1) is 0 Å². The van der Waals surface area contributed by atoms with Gasteiger partial charge in [0.1, 0.15) is 5.82 Å². The maximum atomic E-state index is 5.69. The van der Waals surface area contributed by atoms with Gasteiger partial charge >= 0.3 is 0 Å². The van der Waals surface area contributed by atoms with Crippen molar-refractivity contribution in [3.8, 4) is 0 Å². The molecule has 3 heterocycles. The minimum atomic E-state index is 0.283. The molecule has 0 aromatic carbocycles. The molecular weight excluding hydrogens is 264 g/mol. The van der Waals surface area contributed by atoms with Crippen molar-refractivity contribution >= 4 is 0 Å². The molecule has 0 radical (unpaired) electrons. The van der Waals surface area contributed by atoms with Crippen molar-refractivity contribution in [3.05, 3.63) is 48.3 Å². The van der Waals surface area contributed by atoms with Crippen molar-refractivity contribution in [2.45, 2.75) is 31.5 Å². The van der Waals surface area contributed by atoms with E-state index in [0.717, 1.165) is 31.8 Å². The summed E-state index contributed by atoms with van der Waals surface area (Å²) in [6, 6.07) is 4.52. The summed E-state index contributed by atoms with van der Waals surface area (Å²) in [6.45, 7) is 1.92. The predicted octanol–water partition coefficient (Wildman–Crippen LogP) is 1.65. The molecule has 0 bridgehead atoms. The van der Waals surface area contributed by atoms with Crippen molar-refractivity contribution in [1.82, 2.24) is 19.4 Å². The van der Waals surface area contributed by atoms with Gasteiger partial charge < -0.3 is 9.30 Å². The third-order valence-electron chi connectivity index (χ3n) is 4.33. The van der Waals surface area contributed by atoms with Gasteiger partial charge in [0.05, 0.1) is 12.6 Å². The molecule has 1 fully saturated rings. The summed E-state index contributed by atoms with van der Waals surface area (Å²) in [5.74, 6) is 1.10. The summed E-state index contributed by atoms with van der Waals surface area (Å²) >= 11 is 0. The minimum absolute atomic E-state index is 0.283. The molecule has 0 spiro atoms. The Hall–Kier alpha value is -1.72. The Morgan fingerprint density at radius 1 is 1.38 bits per heavy atom. The smallest absolute Gasteiger partial charge is 0.122 e. The Bertz CT molecular complexity index is 569. The molecule has 1 aliphatic heterocycles. The number of likely N-dealkylation sites (tertiary alicyclic amines) is 1. The Kier molecular flexibility index (Phi) is 4.31. The second kappa shape index (κ2) is 6.37. The first kappa shape index (κ1) is 14.2. The van der Waals surface area contributed by atoms with Crippen LogP contribution < -0.4 is 0 Å². The monoisotopic (exact) mass is 286 g/mol. The van der Waals surface area contributed by atoms with E-state index in [1.807, 2.05) is 45.0 Å². The van der Waals surface area contributed by atoms with E-state index in [2.05, 4.69) is 25.5 Å². The fraction of sp³-hybridized carbons (Fsp3) is 0.500. The van der Waals surface area contributed by atoms with Gasteiger partial charge in [-0.15, -0.1) is 0 Å². The molecule has 0 unspecified atom stereocenters. The topological polar surface area (TPSA) is 43.2 Å². The van der Waals surface area contributed by atoms with E-state index in [1.54, 1.807) is 0 Å². The van der Waals surface area contributed by atoms with Gasteiger partial charge in [-0.2, -0.15) is 0 Å². The molecule has 2 aromatic heterocycles. The highest BCUT2D eigenvalue weighted by Gasteiger charge is 2.34. The molecular formula is C16H22N4O. The Balaban J connectivity index is 1.74. The van der Waals surface area contributed by atoms with E-state index >= 15 is 0 Å². The molecule has 0 aliphatic carbocycles. The molecule has 0 N–H and O–H groups in total. The lowest BCUT2D eigenvalue weighted by Gasteiger charge is -2.27. The van der Waals surface area contributed by atoms with Crippen molar-refractivity contribution < 1.29 is 4.74 Å². The van der Waals surface area contributed by atoms with Crippen LogP contribution in [-0.2, 0) is 24.8 Å². The lowest BCUT2D eigenvalue weighted by Crippen LogP contribution is -2.38. The molecule has 1 aliphatic rings. The molecule has 1 saturated heterocycles. The van der Waals surface area contributed by atoms with Crippen molar-refractivity contribution in [2.24, 2.45) is 7.05 Å². The second-order valence-electron chi connectivity index (χ2n) is 5.62. The van der Waals surface area contributed by atoms with E-state index < -0.39 is 0 Å². The molecule has 2 aromatic rings. The van der Waals surface area contributed by atoms with Crippen LogP contribution in [-0.4, -0.2) is 45.2 Å². The van der Waals surface area contributed by atoms with Crippen LogP contribution >= 0.6 is 0 Å². The van der Waals surface area contributed by atoms with E-state index in [4.69, 9.17) is 4.74 Å². The van der Waals surface area contributed by atoms with Gasteiger partial charge in [0, 0.05) is 51.5 Å². The van der Waals surface area contributed by atoms with Crippen LogP contribution in [0.25, 0.3) is 0 Å². The van der Waals surface area contributed by atoms with E-state index in [-0.39, 0.29) is 6.10 Å². The van der Waals surface area contributed by atoms with Crippen LogP contribution in [0.4, 0.5) is 0 Å². The number of aromatic nitrogens is 3. The summed E-state index contributed by atoms with van der Waals surface area (Å²) in [6.07, 6.45) is 9.94. The number of nitrogens with zero attached hydrogens (tertiary/aromatic N) is 4. The molecule has 2 atom stereocenters. The van der Waals surface area contributed by atoms with Crippen LogP contribution in [0.15, 0.2) is 36.9 Å². The summed E-state index contributed by atoms with van der Waals surface area (Å²) < 4.78 is 7.77. The quantitative estimate of drug-likeness (QED) is 0.838. The molecule has 5 heteroatoms. The zero-order valence-corrected chi connectivity index (χ0v) is 12.6. The summed E-state index contributed by atoms with van der Waals surface area (Å²) in [7, 11) is 3.85. The van der Waals surface area contributed by atoms with E-state index in [0.29, 0.717) is 6.04 Å². The molecule has 5 nitrogen and oxygen atoms in total. The number of pyridine rings is 1. The van der Waals surface area contributed by atoms with Crippen LogP contribution in [0.1, 0.15) is 17.8 Å². The largest absolute Gasteiger partial charge is 0.380 e. The summed E-state index contributed by atoms with van der Waals surface area (Å²) in [5.41, 5.74) is 1.26. The Morgan fingerprint density at radius 3 is 2.95 bits per heavy atom. The summed E-state index contributed by atoms with van der Waals surface area (Å²) in [5, 5.41) is 0. The highest BCUT2D eigenvalue weighted by atomic mass is 16.5. The Morgan fingerprint density at radius 2 is 2.29 bits per heavy atom. The molecule has 0 saturated carbocycles. The third kappa shape index (κ3) is 3.14. The average Bonchev–Trinajstić information content (AvgIpc) is 3.08. The fourth-order valence-electron chi connectivity index (χ4n) is 3.11. The van der Waals surface area contributed by atoms with Gasteiger partial charge in [-0.05, 0) is 24.5 Å². The number of aryl methyl sites for hydroxylation is 1. The molecule has 112 valence electrons. The van der Waals surface area contributed by atoms with Crippen LogP contribution in [0.5, 0.6) is 0 Å². The normalized spacial score (nSPS) is 22.8. The van der Waals surface area contributed by atoms with Gasteiger partial charge in [-0.25, -0.2) is 4.98 Å². The molecule has 21 heavy (non-hydrogen) atoms. The zero-order chi connectivity index (χ0) is 14.7. The average molecular weight is 286 g/mol.